The Morgan fingerprint density at radius 1 is 1.38 bits per heavy atom. The summed E-state index contributed by atoms with van der Waals surface area (Å²) in [5.74, 6) is 0.350. The van der Waals surface area contributed by atoms with Crippen molar-refractivity contribution in [2.24, 2.45) is 0 Å². The van der Waals surface area contributed by atoms with Gasteiger partial charge < -0.3 is 4.98 Å². The summed E-state index contributed by atoms with van der Waals surface area (Å²) in [5.41, 5.74) is 1.95. The summed E-state index contributed by atoms with van der Waals surface area (Å²) in [4.78, 5) is 22.6. The molecule has 0 aliphatic heterocycles. The second-order valence-electron chi connectivity index (χ2n) is 3.55. The third-order valence-corrected chi connectivity index (χ3v) is 2.40. The number of hydrogen-bond acceptors (Lipinski definition) is 3. The van der Waals surface area contributed by atoms with Crippen LogP contribution in [0.1, 0.15) is 28.8 Å². The number of ketones is 1. The van der Waals surface area contributed by atoms with E-state index in [2.05, 4.69) is 21.9 Å². The number of pyridine rings is 1. The Bertz CT molecular complexity index is 460. The number of imidazole rings is 1. The van der Waals surface area contributed by atoms with E-state index in [4.69, 9.17) is 0 Å². The van der Waals surface area contributed by atoms with Crippen LogP contribution in [0.25, 0.3) is 0 Å². The van der Waals surface area contributed by atoms with Crippen molar-refractivity contribution in [3.05, 3.63) is 47.8 Å². The molecular formula is C12H13N3O. The van der Waals surface area contributed by atoms with Crippen LogP contribution < -0.4 is 0 Å². The van der Waals surface area contributed by atoms with Crippen LogP contribution in [0.2, 0.25) is 0 Å². The van der Waals surface area contributed by atoms with Crippen molar-refractivity contribution in [1.29, 1.82) is 0 Å². The number of aryl methyl sites for hydroxylation is 1. The molecule has 2 aromatic rings. The van der Waals surface area contributed by atoms with Gasteiger partial charge in [0.1, 0.15) is 0 Å². The summed E-state index contributed by atoms with van der Waals surface area (Å²) in [6, 6.07) is 3.89. The molecule has 0 atom stereocenters. The number of carbonyl (C=O) groups is 1. The first-order valence-electron chi connectivity index (χ1n) is 5.26. The normalized spacial score (nSPS) is 10.3. The van der Waals surface area contributed by atoms with Gasteiger partial charge in [0.25, 0.3) is 0 Å². The molecule has 2 aromatic heterocycles. The second kappa shape index (κ2) is 4.70. The summed E-state index contributed by atoms with van der Waals surface area (Å²) in [6.45, 7) is 2.07. The fourth-order valence-corrected chi connectivity index (χ4v) is 1.43. The number of Topliss-reactive ketones (excluding diaryl/α,β-unsaturated/α-hetero) is 1. The molecule has 0 unspecified atom stereocenters. The van der Waals surface area contributed by atoms with Crippen LogP contribution in [0.4, 0.5) is 0 Å². The minimum Gasteiger partial charge on any atom is -0.342 e. The summed E-state index contributed by atoms with van der Waals surface area (Å²) in [7, 11) is 0. The zero-order valence-electron chi connectivity index (χ0n) is 9.10. The number of aromatic nitrogens is 3. The van der Waals surface area contributed by atoms with Crippen LogP contribution in [0.5, 0.6) is 0 Å². The van der Waals surface area contributed by atoms with E-state index in [1.807, 2.05) is 18.3 Å². The largest absolute Gasteiger partial charge is 0.342 e. The first-order valence-corrected chi connectivity index (χ1v) is 5.26. The average molecular weight is 215 g/mol. The molecule has 16 heavy (non-hydrogen) atoms. The Balaban J connectivity index is 2.06. The lowest BCUT2D eigenvalue weighted by Crippen LogP contribution is -2.07. The van der Waals surface area contributed by atoms with Crippen molar-refractivity contribution < 1.29 is 4.79 Å². The fourth-order valence-electron chi connectivity index (χ4n) is 1.43. The molecule has 0 aliphatic carbocycles. The van der Waals surface area contributed by atoms with Gasteiger partial charge in [0.15, 0.2) is 5.82 Å². The Morgan fingerprint density at radius 3 is 2.81 bits per heavy atom. The molecule has 2 heterocycles. The lowest BCUT2D eigenvalue weighted by molar-refractivity contribution is 0.0983. The highest BCUT2D eigenvalue weighted by atomic mass is 16.1. The van der Waals surface area contributed by atoms with Crippen LogP contribution in [-0.4, -0.2) is 20.7 Å². The van der Waals surface area contributed by atoms with Crippen LogP contribution >= 0.6 is 0 Å². The third kappa shape index (κ3) is 2.34. The predicted octanol–water partition coefficient (Wildman–Crippen LogP) is 1.79. The molecule has 2 rings (SSSR count). The molecule has 4 heteroatoms. The number of rotatable bonds is 4. The smallest absolute Gasteiger partial charge is 0.203 e. The molecule has 0 amide bonds. The van der Waals surface area contributed by atoms with Crippen LogP contribution in [0.3, 0.4) is 0 Å². The molecule has 4 nitrogen and oxygen atoms in total. The number of H-pyrrole nitrogens is 1. The lowest BCUT2D eigenvalue weighted by Gasteiger charge is -2.00. The van der Waals surface area contributed by atoms with E-state index in [9.17, 15) is 4.79 Å². The van der Waals surface area contributed by atoms with Crippen molar-refractivity contribution in [3.63, 3.8) is 0 Å². The Kier molecular flexibility index (Phi) is 3.10. The highest BCUT2D eigenvalue weighted by Crippen LogP contribution is 2.04. The highest BCUT2D eigenvalue weighted by Gasteiger charge is 2.09. The highest BCUT2D eigenvalue weighted by molar-refractivity contribution is 5.93. The minimum absolute atomic E-state index is 0.0400. The van der Waals surface area contributed by atoms with Crippen molar-refractivity contribution in [3.8, 4) is 0 Å². The van der Waals surface area contributed by atoms with Gasteiger partial charge in [-0.05, 0) is 18.1 Å². The zero-order chi connectivity index (χ0) is 11.4. The maximum Gasteiger partial charge on any atom is 0.203 e. The van der Waals surface area contributed by atoms with E-state index in [0.29, 0.717) is 5.82 Å². The van der Waals surface area contributed by atoms with Gasteiger partial charge in [0.05, 0.1) is 6.42 Å². The van der Waals surface area contributed by atoms with Crippen molar-refractivity contribution in [1.82, 2.24) is 15.0 Å². The monoisotopic (exact) mass is 215 g/mol. The maximum atomic E-state index is 11.7. The van der Waals surface area contributed by atoms with Crippen molar-refractivity contribution >= 4 is 5.78 Å². The molecule has 0 saturated heterocycles. The van der Waals surface area contributed by atoms with E-state index in [1.54, 1.807) is 12.4 Å². The summed E-state index contributed by atoms with van der Waals surface area (Å²) in [5, 5.41) is 0. The van der Waals surface area contributed by atoms with Crippen LogP contribution in [0.15, 0.2) is 30.7 Å². The molecule has 0 aromatic carbocycles. The van der Waals surface area contributed by atoms with Crippen LogP contribution in [-0.2, 0) is 12.8 Å². The fraction of sp³-hybridized carbons (Fsp3) is 0.250. The maximum absolute atomic E-state index is 11.7. The summed E-state index contributed by atoms with van der Waals surface area (Å²) < 4.78 is 0. The predicted molar refractivity (Wildman–Crippen MR) is 60.2 cm³/mol. The molecule has 1 N–H and O–H groups in total. The van der Waals surface area contributed by atoms with E-state index in [-0.39, 0.29) is 12.2 Å². The van der Waals surface area contributed by atoms with Gasteiger partial charge in [-0.2, -0.15) is 0 Å². The van der Waals surface area contributed by atoms with Gasteiger partial charge >= 0.3 is 0 Å². The van der Waals surface area contributed by atoms with Gasteiger partial charge in [-0.1, -0.05) is 13.0 Å². The quantitative estimate of drug-likeness (QED) is 0.791. The Labute approximate surface area is 93.8 Å². The van der Waals surface area contributed by atoms with Gasteiger partial charge in [-0.15, -0.1) is 0 Å². The number of hydrogen-bond donors (Lipinski definition) is 1. The summed E-state index contributed by atoms with van der Waals surface area (Å²) >= 11 is 0. The van der Waals surface area contributed by atoms with Gasteiger partial charge in [0.2, 0.25) is 5.78 Å². The Hall–Kier alpha value is -1.97. The first-order chi connectivity index (χ1) is 7.79. The molecule has 0 fully saturated rings. The lowest BCUT2D eigenvalue weighted by atomic mass is 10.1. The van der Waals surface area contributed by atoms with Crippen molar-refractivity contribution in [2.75, 3.05) is 0 Å². The van der Waals surface area contributed by atoms with E-state index in [1.165, 1.54) is 5.56 Å². The van der Waals surface area contributed by atoms with Gasteiger partial charge in [0, 0.05) is 24.3 Å². The minimum atomic E-state index is -0.0400. The zero-order valence-corrected chi connectivity index (χ0v) is 9.10. The van der Waals surface area contributed by atoms with Gasteiger partial charge in [-0.3, -0.25) is 9.78 Å². The van der Waals surface area contributed by atoms with E-state index >= 15 is 0 Å². The number of aromatic amines is 1. The SMILES string of the molecule is CCc1ccc(CC(=O)c2ncc[nH]2)nc1. The third-order valence-electron chi connectivity index (χ3n) is 2.40. The first kappa shape index (κ1) is 10.5. The molecule has 0 aliphatic rings. The van der Waals surface area contributed by atoms with E-state index < -0.39 is 0 Å². The second-order valence-corrected chi connectivity index (χ2v) is 3.55. The number of nitrogens with one attached hydrogen (secondary N) is 1. The molecule has 0 bridgehead atoms. The molecule has 0 radical (unpaired) electrons. The topological polar surface area (TPSA) is 58.6 Å². The average Bonchev–Trinajstić information content (AvgIpc) is 2.83. The molecule has 0 saturated carbocycles. The van der Waals surface area contributed by atoms with E-state index in [0.717, 1.165) is 12.1 Å². The standard InChI is InChI=1S/C12H13N3O/c1-2-9-3-4-10(15-8-9)7-11(16)12-13-5-6-14-12/h3-6,8H,2,7H2,1H3,(H,13,14). The Morgan fingerprint density at radius 2 is 2.25 bits per heavy atom. The summed E-state index contributed by atoms with van der Waals surface area (Å²) in [6.07, 6.45) is 6.27. The van der Waals surface area contributed by atoms with Gasteiger partial charge in [-0.25, -0.2) is 4.98 Å². The molecule has 0 spiro atoms. The number of carbonyl (C=O) groups excluding carboxylic acids is 1. The molecular weight excluding hydrogens is 202 g/mol. The van der Waals surface area contributed by atoms with Crippen LogP contribution in [0, 0.1) is 0 Å². The molecule has 82 valence electrons. The number of nitrogens with zero attached hydrogens (tertiary/aromatic N) is 2. The van der Waals surface area contributed by atoms with Crippen molar-refractivity contribution in [2.45, 2.75) is 19.8 Å².